The normalized spacial score (nSPS) is 13.4. The molecule has 8 nitrogen and oxygen atoms in total. The maximum atomic E-state index is 12.2. The lowest BCUT2D eigenvalue weighted by Gasteiger charge is -2.22. The largest absolute Gasteiger partial charge is 0.493 e. The molecule has 2 amide bonds. The van der Waals surface area contributed by atoms with Gasteiger partial charge in [-0.3, -0.25) is 4.79 Å². The molecular formula is C15H23N3O5. The summed E-state index contributed by atoms with van der Waals surface area (Å²) < 4.78 is 0. The number of hydrogen-bond donors (Lipinski definition) is 5. The molecule has 128 valence electrons. The van der Waals surface area contributed by atoms with Gasteiger partial charge in [-0.25, -0.2) is 9.78 Å². The smallest absolute Gasteiger partial charge is 0.405 e. The van der Waals surface area contributed by atoms with Crippen molar-refractivity contribution in [3.8, 4) is 5.88 Å². The van der Waals surface area contributed by atoms with E-state index < -0.39 is 24.1 Å². The number of aromatic nitrogens is 1. The Bertz CT molecular complexity index is 536. The van der Waals surface area contributed by atoms with Gasteiger partial charge in [0.1, 0.15) is 6.04 Å². The second-order valence-electron chi connectivity index (χ2n) is 5.71. The van der Waals surface area contributed by atoms with Crippen LogP contribution in [0.1, 0.15) is 25.8 Å². The van der Waals surface area contributed by atoms with E-state index in [4.69, 9.17) is 5.11 Å². The van der Waals surface area contributed by atoms with Gasteiger partial charge in [0.05, 0.1) is 12.6 Å². The van der Waals surface area contributed by atoms with Crippen molar-refractivity contribution in [2.75, 3.05) is 6.61 Å². The fourth-order valence-corrected chi connectivity index (χ4v) is 2.17. The first-order chi connectivity index (χ1) is 10.8. The Morgan fingerprint density at radius 1 is 1.30 bits per heavy atom. The van der Waals surface area contributed by atoms with Crippen molar-refractivity contribution in [1.29, 1.82) is 0 Å². The second-order valence-corrected chi connectivity index (χ2v) is 5.71. The number of rotatable bonds is 8. The Hall–Kier alpha value is -2.35. The van der Waals surface area contributed by atoms with Crippen molar-refractivity contribution in [2.45, 2.75) is 38.8 Å². The number of hydrogen-bond acceptors (Lipinski definition) is 5. The van der Waals surface area contributed by atoms with Crippen LogP contribution in [-0.2, 0) is 11.2 Å². The molecule has 2 atom stereocenters. The summed E-state index contributed by atoms with van der Waals surface area (Å²) in [6.45, 7) is 3.41. The first-order valence-corrected chi connectivity index (χ1v) is 7.37. The van der Waals surface area contributed by atoms with Crippen molar-refractivity contribution in [2.24, 2.45) is 5.92 Å². The summed E-state index contributed by atoms with van der Waals surface area (Å²) in [4.78, 5) is 26.8. The van der Waals surface area contributed by atoms with E-state index in [0.29, 0.717) is 12.0 Å². The van der Waals surface area contributed by atoms with E-state index in [1.165, 1.54) is 6.20 Å². The number of carboxylic acid groups (broad SMARTS) is 1. The van der Waals surface area contributed by atoms with E-state index in [9.17, 15) is 19.8 Å². The second kappa shape index (κ2) is 8.94. The molecule has 0 bridgehead atoms. The van der Waals surface area contributed by atoms with Gasteiger partial charge in [-0.15, -0.1) is 0 Å². The molecule has 1 rings (SSSR count). The summed E-state index contributed by atoms with van der Waals surface area (Å²) >= 11 is 0. The Balaban J connectivity index is 2.73. The summed E-state index contributed by atoms with van der Waals surface area (Å²) in [5.74, 6) is -0.557. The van der Waals surface area contributed by atoms with Crippen LogP contribution in [0.5, 0.6) is 5.88 Å². The minimum Gasteiger partial charge on any atom is -0.493 e. The van der Waals surface area contributed by atoms with Crippen LogP contribution >= 0.6 is 0 Å². The number of aliphatic hydroxyl groups is 1. The molecule has 23 heavy (non-hydrogen) atoms. The highest BCUT2D eigenvalue weighted by molar-refractivity contribution is 5.85. The van der Waals surface area contributed by atoms with Crippen molar-refractivity contribution in [3.05, 3.63) is 23.9 Å². The SMILES string of the molecule is CC(C)CC(NC(=O)O)C(=O)NC(CO)Cc1cccnc1O. The molecule has 1 aromatic heterocycles. The lowest BCUT2D eigenvalue weighted by Crippen LogP contribution is -2.51. The Kier molecular flexibility index (Phi) is 7.27. The molecule has 0 spiro atoms. The Morgan fingerprint density at radius 3 is 2.52 bits per heavy atom. The maximum Gasteiger partial charge on any atom is 0.405 e. The zero-order valence-corrected chi connectivity index (χ0v) is 13.2. The fraction of sp³-hybridized carbons (Fsp3) is 0.533. The highest BCUT2D eigenvalue weighted by Gasteiger charge is 2.24. The molecule has 0 aliphatic carbocycles. The number of carbonyl (C=O) groups excluding carboxylic acids is 1. The molecule has 0 saturated heterocycles. The Labute approximate surface area is 134 Å². The number of aromatic hydroxyl groups is 1. The zero-order valence-electron chi connectivity index (χ0n) is 13.2. The lowest BCUT2D eigenvalue weighted by atomic mass is 10.0. The quantitative estimate of drug-likeness (QED) is 0.472. The molecule has 0 aromatic carbocycles. The van der Waals surface area contributed by atoms with E-state index in [1.54, 1.807) is 12.1 Å². The number of nitrogens with zero attached hydrogens (tertiary/aromatic N) is 1. The average molecular weight is 325 g/mol. The number of aliphatic hydroxyl groups excluding tert-OH is 1. The van der Waals surface area contributed by atoms with E-state index in [0.717, 1.165) is 0 Å². The predicted octanol–water partition coefficient (Wildman–Crippen LogP) is 0.489. The summed E-state index contributed by atoms with van der Waals surface area (Å²) in [6, 6.07) is 1.73. The van der Waals surface area contributed by atoms with Crippen molar-refractivity contribution < 1.29 is 24.9 Å². The molecule has 0 saturated carbocycles. The molecule has 0 radical (unpaired) electrons. The van der Waals surface area contributed by atoms with Gasteiger partial charge in [0, 0.05) is 18.2 Å². The third-order valence-corrected chi connectivity index (χ3v) is 3.22. The molecular weight excluding hydrogens is 302 g/mol. The molecule has 5 N–H and O–H groups in total. The number of pyridine rings is 1. The fourth-order valence-electron chi connectivity index (χ4n) is 2.17. The van der Waals surface area contributed by atoms with Gasteiger partial charge in [0.25, 0.3) is 0 Å². The van der Waals surface area contributed by atoms with Gasteiger partial charge in [-0.1, -0.05) is 19.9 Å². The van der Waals surface area contributed by atoms with Crippen LogP contribution in [0.15, 0.2) is 18.3 Å². The van der Waals surface area contributed by atoms with Gasteiger partial charge < -0.3 is 26.0 Å². The van der Waals surface area contributed by atoms with Crippen LogP contribution in [0.25, 0.3) is 0 Å². The van der Waals surface area contributed by atoms with Crippen molar-refractivity contribution in [1.82, 2.24) is 15.6 Å². The molecule has 1 heterocycles. The number of nitrogens with one attached hydrogen (secondary N) is 2. The van der Waals surface area contributed by atoms with Gasteiger partial charge in [0.2, 0.25) is 11.8 Å². The summed E-state index contributed by atoms with van der Waals surface area (Å²) in [6.07, 6.45) is 0.676. The monoisotopic (exact) mass is 325 g/mol. The van der Waals surface area contributed by atoms with Crippen LogP contribution in [0.4, 0.5) is 4.79 Å². The minimum absolute atomic E-state index is 0.118. The molecule has 0 fully saturated rings. The first kappa shape index (κ1) is 18.7. The maximum absolute atomic E-state index is 12.2. The highest BCUT2D eigenvalue weighted by Crippen LogP contribution is 2.14. The molecule has 0 aliphatic rings. The van der Waals surface area contributed by atoms with Crippen LogP contribution < -0.4 is 10.6 Å². The molecule has 2 unspecified atom stereocenters. The van der Waals surface area contributed by atoms with E-state index in [2.05, 4.69) is 15.6 Å². The average Bonchev–Trinajstić information content (AvgIpc) is 2.47. The van der Waals surface area contributed by atoms with Gasteiger partial charge in [0.15, 0.2) is 0 Å². The first-order valence-electron chi connectivity index (χ1n) is 7.37. The topological polar surface area (TPSA) is 132 Å². The number of carbonyl (C=O) groups is 2. The molecule has 1 aromatic rings. The lowest BCUT2D eigenvalue weighted by molar-refractivity contribution is -0.124. The third kappa shape index (κ3) is 6.52. The van der Waals surface area contributed by atoms with Crippen LogP contribution in [0.2, 0.25) is 0 Å². The summed E-state index contributed by atoms with van der Waals surface area (Å²) in [7, 11) is 0. The van der Waals surface area contributed by atoms with Crippen molar-refractivity contribution >= 4 is 12.0 Å². The van der Waals surface area contributed by atoms with Crippen LogP contribution in [-0.4, -0.2) is 51.0 Å². The predicted molar refractivity (Wildman–Crippen MR) is 83.0 cm³/mol. The van der Waals surface area contributed by atoms with E-state index in [1.807, 2.05) is 13.8 Å². The summed E-state index contributed by atoms with van der Waals surface area (Å²) in [5, 5.41) is 32.7. The Morgan fingerprint density at radius 2 is 2.00 bits per heavy atom. The van der Waals surface area contributed by atoms with E-state index in [-0.39, 0.29) is 24.8 Å². The van der Waals surface area contributed by atoms with Crippen molar-refractivity contribution in [3.63, 3.8) is 0 Å². The van der Waals surface area contributed by atoms with Crippen LogP contribution in [0, 0.1) is 5.92 Å². The zero-order chi connectivity index (χ0) is 17.4. The van der Waals surface area contributed by atoms with Gasteiger partial charge >= 0.3 is 6.09 Å². The van der Waals surface area contributed by atoms with Gasteiger partial charge in [-0.05, 0) is 18.4 Å². The summed E-state index contributed by atoms with van der Waals surface area (Å²) in [5.41, 5.74) is 0.485. The molecule has 8 heteroatoms. The highest BCUT2D eigenvalue weighted by atomic mass is 16.4. The van der Waals surface area contributed by atoms with Gasteiger partial charge in [-0.2, -0.15) is 0 Å². The number of amides is 2. The molecule has 0 aliphatic heterocycles. The van der Waals surface area contributed by atoms with Crippen LogP contribution in [0.3, 0.4) is 0 Å². The standard InChI is InChI=1S/C15H23N3O5/c1-9(2)6-12(18-15(22)23)14(21)17-11(8-19)7-10-4-3-5-16-13(10)20/h3-5,9,11-12,18-19H,6-8H2,1-2H3,(H,16,20)(H,17,21)(H,22,23). The van der Waals surface area contributed by atoms with E-state index >= 15 is 0 Å². The third-order valence-electron chi connectivity index (χ3n) is 3.22. The minimum atomic E-state index is -1.28.